The van der Waals surface area contributed by atoms with Crippen LogP contribution >= 0.6 is 0 Å². The standard InChI is InChI=1S/C14H24N2O3S/c1-4-16-20(17,18)10-9-15-12(2)11-13-7-5-6-8-14(13)19-3/h5-8,12,15-16H,4,9-11H2,1-3H3. The van der Waals surface area contributed by atoms with Gasteiger partial charge < -0.3 is 10.1 Å². The Morgan fingerprint density at radius 2 is 2.00 bits per heavy atom. The lowest BCUT2D eigenvalue weighted by atomic mass is 10.1. The zero-order chi connectivity index (χ0) is 15.0. The minimum absolute atomic E-state index is 0.0943. The van der Waals surface area contributed by atoms with Crippen molar-refractivity contribution in [3.8, 4) is 5.75 Å². The summed E-state index contributed by atoms with van der Waals surface area (Å²) in [5, 5.41) is 3.22. The van der Waals surface area contributed by atoms with Crippen LogP contribution in [-0.2, 0) is 16.4 Å². The molecule has 1 unspecified atom stereocenters. The topological polar surface area (TPSA) is 67.4 Å². The molecule has 1 aromatic rings. The summed E-state index contributed by atoms with van der Waals surface area (Å²) in [5.74, 6) is 0.957. The second-order valence-electron chi connectivity index (χ2n) is 4.69. The van der Waals surface area contributed by atoms with Gasteiger partial charge in [-0.25, -0.2) is 13.1 Å². The van der Waals surface area contributed by atoms with Gasteiger partial charge in [0.05, 0.1) is 12.9 Å². The molecule has 0 aliphatic rings. The molecule has 0 saturated carbocycles. The highest BCUT2D eigenvalue weighted by atomic mass is 32.2. The third-order valence-corrected chi connectivity index (χ3v) is 4.42. The summed E-state index contributed by atoms with van der Waals surface area (Å²) in [4.78, 5) is 0. The van der Waals surface area contributed by atoms with Crippen molar-refractivity contribution >= 4 is 10.0 Å². The minimum atomic E-state index is -3.15. The highest BCUT2D eigenvalue weighted by Gasteiger charge is 2.11. The van der Waals surface area contributed by atoms with Gasteiger partial charge in [0.2, 0.25) is 10.0 Å². The predicted molar refractivity (Wildman–Crippen MR) is 81.6 cm³/mol. The van der Waals surface area contributed by atoms with Gasteiger partial charge in [0.15, 0.2) is 0 Å². The molecular formula is C14H24N2O3S. The highest BCUT2D eigenvalue weighted by Crippen LogP contribution is 2.18. The molecule has 1 atom stereocenters. The van der Waals surface area contributed by atoms with Crippen LogP contribution in [0.15, 0.2) is 24.3 Å². The van der Waals surface area contributed by atoms with Gasteiger partial charge in [0.1, 0.15) is 5.75 Å². The van der Waals surface area contributed by atoms with Gasteiger partial charge in [-0.2, -0.15) is 0 Å². The third-order valence-electron chi connectivity index (χ3n) is 2.95. The van der Waals surface area contributed by atoms with E-state index in [1.54, 1.807) is 14.0 Å². The van der Waals surface area contributed by atoms with Gasteiger partial charge in [-0.05, 0) is 25.0 Å². The number of hydrogen-bond donors (Lipinski definition) is 2. The molecule has 0 aliphatic carbocycles. The summed E-state index contributed by atoms with van der Waals surface area (Å²) in [6.45, 7) is 4.67. The molecule has 20 heavy (non-hydrogen) atoms. The van der Waals surface area contributed by atoms with Crippen molar-refractivity contribution in [3.05, 3.63) is 29.8 Å². The van der Waals surface area contributed by atoms with Crippen LogP contribution in [0.2, 0.25) is 0 Å². The van der Waals surface area contributed by atoms with Gasteiger partial charge in [0, 0.05) is 19.1 Å². The molecule has 0 amide bonds. The molecule has 0 fully saturated rings. The van der Waals surface area contributed by atoms with E-state index in [-0.39, 0.29) is 11.8 Å². The van der Waals surface area contributed by atoms with Crippen molar-refractivity contribution in [3.63, 3.8) is 0 Å². The zero-order valence-electron chi connectivity index (χ0n) is 12.3. The van der Waals surface area contributed by atoms with E-state index in [1.807, 2.05) is 31.2 Å². The molecule has 0 aromatic heterocycles. The van der Waals surface area contributed by atoms with Gasteiger partial charge in [-0.3, -0.25) is 0 Å². The maximum atomic E-state index is 11.5. The Bertz CT molecular complexity index is 503. The van der Waals surface area contributed by atoms with E-state index in [0.717, 1.165) is 17.7 Å². The van der Waals surface area contributed by atoms with Crippen LogP contribution in [0.4, 0.5) is 0 Å². The molecule has 0 radical (unpaired) electrons. The Morgan fingerprint density at radius 1 is 1.30 bits per heavy atom. The largest absolute Gasteiger partial charge is 0.496 e. The van der Waals surface area contributed by atoms with Crippen LogP contribution in [-0.4, -0.2) is 40.4 Å². The zero-order valence-corrected chi connectivity index (χ0v) is 13.2. The Balaban J connectivity index is 2.42. The van der Waals surface area contributed by atoms with Crippen molar-refractivity contribution in [1.82, 2.24) is 10.0 Å². The molecule has 0 aliphatic heterocycles. The van der Waals surface area contributed by atoms with Gasteiger partial charge in [0.25, 0.3) is 0 Å². The molecule has 0 saturated heterocycles. The second kappa shape index (κ2) is 8.24. The van der Waals surface area contributed by atoms with E-state index in [4.69, 9.17) is 4.74 Å². The first kappa shape index (κ1) is 16.9. The molecule has 2 N–H and O–H groups in total. The maximum Gasteiger partial charge on any atom is 0.212 e. The smallest absolute Gasteiger partial charge is 0.212 e. The number of rotatable bonds is 9. The monoisotopic (exact) mass is 300 g/mol. The molecule has 0 spiro atoms. The molecule has 6 heteroatoms. The summed E-state index contributed by atoms with van der Waals surface area (Å²) in [6, 6.07) is 8.04. The summed E-state index contributed by atoms with van der Waals surface area (Å²) in [5.41, 5.74) is 1.12. The van der Waals surface area contributed by atoms with Crippen molar-refractivity contribution in [2.75, 3.05) is 26.0 Å². The Morgan fingerprint density at radius 3 is 2.65 bits per heavy atom. The number of hydrogen-bond acceptors (Lipinski definition) is 4. The number of sulfonamides is 1. The number of methoxy groups -OCH3 is 1. The quantitative estimate of drug-likeness (QED) is 0.718. The summed E-state index contributed by atoms with van der Waals surface area (Å²) < 4.78 is 30.8. The van der Waals surface area contributed by atoms with Crippen molar-refractivity contribution < 1.29 is 13.2 Å². The Hall–Kier alpha value is -1.11. The first-order valence-electron chi connectivity index (χ1n) is 6.81. The SMILES string of the molecule is CCNS(=O)(=O)CCNC(C)Cc1ccccc1OC. The molecule has 5 nitrogen and oxygen atoms in total. The van der Waals surface area contributed by atoms with Crippen LogP contribution in [0.3, 0.4) is 0 Å². The minimum Gasteiger partial charge on any atom is -0.496 e. The average molecular weight is 300 g/mol. The van der Waals surface area contributed by atoms with Crippen molar-refractivity contribution in [1.29, 1.82) is 0 Å². The van der Waals surface area contributed by atoms with Crippen LogP contribution in [0.1, 0.15) is 19.4 Å². The number of ether oxygens (including phenoxy) is 1. The predicted octanol–water partition coefficient (Wildman–Crippen LogP) is 1.16. The number of benzene rings is 1. The maximum absolute atomic E-state index is 11.5. The van der Waals surface area contributed by atoms with Gasteiger partial charge in [-0.15, -0.1) is 0 Å². The van der Waals surface area contributed by atoms with Gasteiger partial charge >= 0.3 is 0 Å². The van der Waals surface area contributed by atoms with Crippen molar-refractivity contribution in [2.45, 2.75) is 26.3 Å². The Labute approximate surface area is 121 Å². The van der Waals surface area contributed by atoms with Crippen LogP contribution < -0.4 is 14.8 Å². The first-order chi connectivity index (χ1) is 9.48. The normalized spacial score (nSPS) is 13.2. The fourth-order valence-corrected chi connectivity index (χ4v) is 2.98. The number of nitrogens with one attached hydrogen (secondary N) is 2. The fraction of sp³-hybridized carbons (Fsp3) is 0.571. The van der Waals surface area contributed by atoms with Crippen LogP contribution in [0.5, 0.6) is 5.75 Å². The molecule has 114 valence electrons. The molecule has 1 rings (SSSR count). The van der Waals surface area contributed by atoms with Crippen LogP contribution in [0, 0.1) is 0 Å². The van der Waals surface area contributed by atoms with E-state index in [1.165, 1.54) is 0 Å². The first-order valence-corrected chi connectivity index (χ1v) is 8.46. The molecule has 0 bridgehead atoms. The van der Waals surface area contributed by atoms with Crippen molar-refractivity contribution in [2.24, 2.45) is 0 Å². The lowest BCUT2D eigenvalue weighted by molar-refractivity contribution is 0.406. The molecule has 0 heterocycles. The molecule has 1 aromatic carbocycles. The average Bonchev–Trinajstić information content (AvgIpc) is 2.39. The van der Waals surface area contributed by atoms with E-state index >= 15 is 0 Å². The summed E-state index contributed by atoms with van der Waals surface area (Å²) >= 11 is 0. The fourth-order valence-electron chi connectivity index (χ4n) is 2.01. The highest BCUT2D eigenvalue weighted by molar-refractivity contribution is 7.89. The second-order valence-corrected chi connectivity index (χ2v) is 6.61. The summed E-state index contributed by atoms with van der Waals surface area (Å²) in [7, 11) is -1.50. The molecular weight excluding hydrogens is 276 g/mol. The Kier molecular flexibility index (Phi) is 6.98. The van der Waals surface area contributed by atoms with E-state index < -0.39 is 10.0 Å². The third kappa shape index (κ3) is 5.90. The van der Waals surface area contributed by atoms with Crippen LogP contribution in [0.25, 0.3) is 0 Å². The summed E-state index contributed by atoms with van der Waals surface area (Å²) in [6.07, 6.45) is 0.797. The van der Waals surface area contributed by atoms with E-state index in [2.05, 4.69) is 10.0 Å². The van der Waals surface area contributed by atoms with E-state index in [9.17, 15) is 8.42 Å². The van der Waals surface area contributed by atoms with Gasteiger partial charge in [-0.1, -0.05) is 25.1 Å². The number of para-hydroxylation sites is 1. The van der Waals surface area contributed by atoms with E-state index in [0.29, 0.717) is 13.1 Å². The lowest BCUT2D eigenvalue weighted by Gasteiger charge is -2.16. The lowest BCUT2D eigenvalue weighted by Crippen LogP contribution is -2.36.